The van der Waals surface area contributed by atoms with E-state index in [9.17, 15) is 0 Å². The highest BCUT2D eigenvalue weighted by Gasteiger charge is 2.53. The Kier molecular flexibility index (Phi) is 7.59. The quantitative estimate of drug-likeness (QED) is 0.157. The van der Waals surface area contributed by atoms with E-state index in [0.717, 1.165) is 11.4 Å². The first-order valence-electron chi connectivity index (χ1n) is 21.6. The van der Waals surface area contributed by atoms with Crippen molar-refractivity contribution in [1.29, 1.82) is 0 Å². The molecule has 0 saturated carbocycles. The molecule has 0 amide bonds. The molecule has 62 heavy (non-hydrogen) atoms. The van der Waals surface area contributed by atoms with Crippen LogP contribution in [0.15, 0.2) is 237 Å². The minimum Gasteiger partial charge on any atom is -0.310 e. The lowest BCUT2D eigenvalue weighted by Crippen LogP contribution is -2.28. The van der Waals surface area contributed by atoms with Crippen LogP contribution in [0.25, 0.3) is 76.8 Å². The number of rotatable bonds is 5. The van der Waals surface area contributed by atoms with E-state index in [-0.39, 0.29) is 0 Å². The first kappa shape index (κ1) is 34.8. The second-order valence-electron chi connectivity index (χ2n) is 16.7. The molecule has 0 N–H and O–H groups in total. The number of hydrogen-bond donors (Lipinski definition) is 0. The highest BCUT2D eigenvalue weighted by molar-refractivity contribution is 6.26. The molecule has 0 aromatic heterocycles. The largest absolute Gasteiger partial charge is 0.310 e. The smallest absolute Gasteiger partial charge is 0.0746 e. The molecule has 288 valence electrons. The topological polar surface area (TPSA) is 3.24 Å². The summed E-state index contributed by atoms with van der Waals surface area (Å²) in [5.74, 6) is 0. The van der Waals surface area contributed by atoms with Crippen LogP contribution in [0.1, 0.15) is 22.3 Å². The van der Waals surface area contributed by atoms with E-state index in [1.807, 2.05) is 0 Å². The molecule has 0 bridgehead atoms. The fourth-order valence-electron chi connectivity index (χ4n) is 11.2. The van der Waals surface area contributed by atoms with Crippen molar-refractivity contribution < 1.29 is 0 Å². The van der Waals surface area contributed by atoms with Gasteiger partial charge in [0, 0.05) is 16.9 Å². The molecule has 0 aliphatic heterocycles. The van der Waals surface area contributed by atoms with Gasteiger partial charge in [-0.15, -0.1) is 0 Å². The SMILES string of the molecule is c1ccc(-c2ccccc2-c2ccc(N(c3ccc4c5ccccc5c5ccccc5c4c3)c3cccc4c3C3(c5ccccc5-c5ccccc53)c3ccccc3-4)cc2)cc1. The van der Waals surface area contributed by atoms with Gasteiger partial charge in [0.2, 0.25) is 0 Å². The number of fused-ring (bicyclic) bond motifs is 16. The Morgan fingerprint density at radius 3 is 1.23 bits per heavy atom. The first-order chi connectivity index (χ1) is 30.8. The lowest BCUT2D eigenvalue weighted by atomic mass is 9.70. The van der Waals surface area contributed by atoms with Gasteiger partial charge in [0.25, 0.3) is 0 Å². The molecule has 1 heteroatoms. The number of nitrogens with zero attached hydrogens (tertiary/aromatic N) is 1. The summed E-state index contributed by atoms with van der Waals surface area (Å²) in [6.45, 7) is 0. The summed E-state index contributed by atoms with van der Waals surface area (Å²) in [5, 5.41) is 7.60. The third-order valence-corrected chi connectivity index (χ3v) is 13.7. The Balaban J connectivity index is 1.10. The molecule has 1 nitrogen and oxygen atoms in total. The van der Waals surface area contributed by atoms with Crippen molar-refractivity contribution in [3.8, 4) is 44.5 Å². The van der Waals surface area contributed by atoms with Crippen molar-refractivity contribution >= 4 is 49.4 Å². The van der Waals surface area contributed by atoms with Crippen molar-refractivity contribution in [3.63, 3.8) is 0 Å². The zero-order chi connectivity index (χ0) is 40.8. The van der Waals surface area contributed by atoms with E-state index >= 15 is 0 Å². The first-order valence-corrected chi connectivity index (χ1v) is 21.6. The van der Waals surface area contributed by atoms with Crippen molar-refractivity contribution in [1.82, 2.24) is 0 Å². The summed E-state index contributed by atoms with van der Waals surface area (Å²) in [7, 11) is 0. The zero-order valence-corrected chi connectivity index (χ0v) is 34.0. The van der Waals surface area contributed by atoms with Gasteiger partial charge in [0.1, 0.15) is 0 Å². The van der Waals surface area contributed by atoms with Gasteiger partial charge in [-0.1, -0.05) is 206 Å². The van der Waals surface area contributed by atoms with E-state index in [4.69, 9.17) is 0 Å². The third kappa shape index (κ3) is 4.85. The maximum absolute atomic E-state index is 2.53. The van der Waals surface area contributed by atoms with Crippen LogP contribution >= 0.6 is 0 Å². The number of hydrogen-bond acceptors (Lipinski definition) is 1. The van der Waals surface area contributed by atoms with Gasteiger partial charge in [0.15, 0.2) is 0 Å². The molecule has 11 aromatic rings. The van der Waals surface area contributed by atoms with Crippen molar-refractivity contribution in [2.75, 3.05) is 4.90 Å². The number of benzene rings is 11. The maximum Gasteiger partial charge on any atom is 0.0746 e. The molecule has 0 radical (unpaired) electrons. The van der Waals surface area contributed by atoms with Crippen LogP contribution in [0.3, 0.4) is 0 Å². The van der Waals surface area contributed by atoms with Crippen molar-refractivity contribution in [2.45, 2.75) is 5.41 Å². The lowest BCUT2D eigenvalue weighted by Gasteiger charge is -2.36. The molecular formula is C61H39N. The molecule has 0 atom stereocenters. The van der Waals surface area contributed by atoms with Crippen LogP contribution in [0, 0.1) is 0 Å². The molecule has 1 spiro atoms. The highest BCUT2D eigenvalue weighted by Crippen LogP contribution is 2.65. The van der Waals surface area contributed by atoms with Crippen molar-refractivity contribution in [2.24, 2.45) is 0 Å². The summed E-state index contributed by atoms with van der Waals surface area (Å²) >= 11 is 0. The van der Waals surface area contributed by atoms with Gasteiger partial charge >= 0.3 is 0 Å². The molecule has 0 heterocycles. The van der Waals surface area contributed by atoms with E-state index in [0.29, 0.717) is 0 Å². The molecule has 2 aliphatic rings. The summed E-state index contributed by atoms with van der Waals surface area (Å²) in [5.41, 5.74) is 18.2. The average Bonchev–Trinajstić information content (AvgIpc) is 3.82. The fraction of sp³-hybridized carbons (Fsp3) is 0.0164. The predicted octanol–water partition coefficient (Wildman–Crippen LogP) is 16.3. The lowest BCUT2D eigenvalue weighted by molar-refractivity contribution is 0.793. The Hall–Kier alpha value is -8.00. The van der Waals surface area contributed by atoms with Crippen LogP contribution in [-0.2, 0) is 5.41 Å². The summed E-state index contributed by atoms with van der Waals surface area (Å²) in [6, 6.07) is 87.9. The Morgan fingerprint density at radius 1 is 0.258 bits per heavy atom. The minimum absolute atomic E-state index is 0.512. The second-order valence-corrected chi connectivity index (χ2v) is 16.7. The molecule has 0 fully saturated rings. The minimum atomic E-state index is -0.512. The van der Waals surface area contributed by atoms with Crippen molar-refractivity contribution in [3.05, 3.63) is 259 Å². The summed E-state index contributed by atoms with van der Waals surface area (Å²) in [6.07, 6.45) is 0. The predicted molar refractivity (Wildman–Crippen MR) is 261 cm³/mol. The highest BCUT2D eigenvalue weighted by atomic mass is 15.1. The van der Waals surface area contributed by atoms with E-state index in [1.165, 1.54) is 105 Å². The monoisotopic (exact) mass is 785 g/mol. The van der Waals surface area contributed by atoms with Gasteiger partial charge in [-0.3, -0.25) is 0 Å². The normalized spacial score (nSPS) is 13.0. The fourth-order valence-corrected chi connectivity index (χ4v) is 11.2. The standard InChI is InChI=1S/C61H39N/c1-2-17-40(18-3-1)44-19-4-5-20-45(44)41-33-35-42(36-34-41)62(43-37-38-50-48-23-7-6-21-46(48)47-22-8-9-24-49(47)55(50)39-43)59-32-16-28-54-53-27-12-15-31-58(53)61(60(54)59)56-29-13-10-25-51(56)52-26-11-14-30-57(52)61/h1-39H. The molecule has 11 aromatic carbocycles. The molecule has 0 saturated heterocycles. The van der Waals surface area contributed by atoms with Crippen LogP contribution < -0.4 is 4.90 Å². The molecular weight excluding hydrogens is 747 g/mol. The van der Waals surface area contributed by atoms with Gasteiger partial charge in [-0.25, -0.2) is 0 Å². The molecule has 2 aliphatic carbocycles. The van der Waals surface area contributed by atoms with Crippen LogP contribution in [0.2, 0.25) is 0 Å². The summed E-state index contributed by atoms with van der Waals surface area (Å²) in [4.78, 5) is 2.53. The van der Waals surface area contributed by atoms with Gasteiger partial charge in [-0.2, -0.15) is 0 Å². The second kappa shape index (κ2) is 13.5. The third-order valence-electron chi connectivity index (χ3n) is 13.7. The Bertz CT molecular complexity index is 3480. The van der Waals surface area contributed by atoms with Gasteiger partial charge in [-0.05, 0) is 124 Å². The van der Waals surface area contributed by atoms with E-state index < -0.39 is 5.41 Å². The van der Waals surface area contributed by atoms with E-state index in [2.05, 4.69) is 241 Å². The number of anilines is 3. The average molecular weight is 786 g/mol. The molecule has 13 rings (SSSR count). The maximum atomic E-state index is 2.53. The van der Waals surface area contributed by atoms with Crippen LogP contribution in [0.4, 0.5) is 17.1 Å². The Morgan fingerprint density at radius 2 is 0.661 bits per heavy atom. The molecule has 0 unspecified atom stereocenters. The zero-order valence-electron chi connectivity index (χ0n) is 34.0. The van der Waals surface area contributed by atoms with Crippen LogP contribution in [0.5, 0.6) is 0 Å². The summed E-state index contributed by atoms with van der Waals surface area (Å²) < 4.78 is 0. The van der Waals surface area contributed by atoms with Crippen LogP contribution in [-0.4, -0.2) is 0 Å². The van der Waals surface area contributed by atoms with Gasteiger partial charge in [0.05, 0.1) is 11.1 Å². The van der Waals surface area contributed by atoms with Gasteiger partial charge < -0.3 is 4.90 Å². The van der Waals surface area contributed by atoms with E-state index in [1.54, 1.807) is 0 Å². The Labute approximate surface area is 361 Å².